The molecule has 1 rings (SSSR count). The summed E-state index contributed by atoms with van der Waals surface area (Å²) in [5, 5.41) is 8.24. The van der Waals surface area contributed by atoms with Crippen LogP contribution in [0.4, 0.5) is 0 Å². The highest BCUT2D eigenvalue weighted by Gasteiger charge is 2.16. The normalized spacial score (nSPS) is 12.8. The minimum atomic E-state index is -3.22. The number of hydrogen-bond donors (Lipinski definition) is 2. The standard InChI is InChI=1S/C16H23NO3S/c1-13(2)21(19,20)17-12-14(3)16-9-7-15(8-10-16)6-4-5-11-18/h7-10,13-14,17-18H,5,11-12H2,1-3H3. The van der Waals surface area contributed by atoms with Gasteiger partial charge in [0.25, 0.3) is 0 Å². The number of rotatable bonds is 6. The van der Waals surface area contributed by atoms with Crippen LogP contribution >= 0.6 is 0 Å². The highest BCUT2D eigenvalue weighted by molar-refractivity contribution is 7.90. The fourth-order valence-electron chi connectivity index (χ4n) is 1.64. The SMILES string of the molecule is CC(CNS(=O)(=O)C(C)C)c1ccc(C#CCCO)cc1. The van der Waals surface area contributed by atoms with E-state index in [1.165, 1.54) is 0 Å². The maximum atomic E-state index is 11.7. The molecule has 0 aliphatic rings. The van der Waals surface area contributed by atoms with Gasteiger partial charge in [-0.25, -0.2) is 13.1 Å². The molecule has 1 aromatic carbocycles. The molecular formula is C16H23NO3S. The Kier molecular flexibility index (Phi) is 6.90. The molecule has 0 saturated carbocycles. The van der Waals surface area contributed by atoms with E-state index in [2.05, 4.69) is 16.6 Å². The van der Waals surface area contributed by atoms with Crippen molar-refractivity contribution in [2.24, 2.45) is 0 Å². The molecule has 0 saturated heterocycles. The number of aliphatic hydroxyl groups is 1. The fraction of sp³-hybridized carbons (Fsp3) is 0.500. The predicted octanol–water partition coefficient (Wildman–Crippen LogP) is 1.85. The largest absolute Gasteiger partial charge is 0.395 e. The van der Waals surface area contributed by atoms with Crippen LogP contribution in [0.25, 0.3) is 0 Å². The molecule has 0 aliphatic carbocycles. The Bertz CT molecular complexity index is 595. The Morgan fingerprint density at radius 3 is 2.33 bits per heavy atom. The van der Waals surface area contributed by atoms with Crippen LogP contribution in [0.2, 0.25) is 0 Å². The predicted molar refractivity (Wildman–Crippen MR) is 85.5 cm³/mol. The van der Waals surface area contributed by atoms with E-state index in [0.717, 1.165) is 11.1 Å². The molecule has 0 fully saturated rings. The first kappa shape index (κ1) is 17.7. The Hall–Kier alpha value is -1.35. The van der Waals surface area contributed by atoms with E-state index >= 15 is 0 Å². The van der Waals surface area contributed by atoms with Gasteiger partial charge in [-0.05, 0) is 37.5 Å². The molecule has 1 aromatic rings. The number of aliphatic hydroxyl groups excluding tert-OH is 1. The third kappa shape index (κ3) is 5.88. The van der Waals surface area contributed by atoms with Crippen molar-refractivity contribution in [1.82, 2.24) is 4.72 Å². The van der Waals surface area contributed by atoms with Gasteiger partial charge in [-0.3, -0.25) is 0 Å². The average Bonchev–Trinajstić information content (AvgIpc) is 2.45. The highest BCUT2D eigenvalue weighted by atomic mass is 32.2. The molecule has 2 N–H and O–H groups in total. The van der Waals surface area contributed by atoms with Crippen molar-refractivity contribution in [1.29, 1.82) is 0 Å². The molecule has 0 heterocycles. The maximum Gasteiger partial charge on any atom is 0.213 e. The summed E-state index contributed by atoms with van der Waals surface area (Å²) in [4.78, 5) is 0. The van der Waals surface area contributed by atoms with E-state index < -0.39 is 15.3 Å². The van der Waals surface area contributed by atoms with Gasteiger partial charge in [0.15, 0.2) is 0 Å². The lowest BCUT2D eigenvalue weighted by Gasteiger charge is -2.15. The van der Waals surface area contributed by atoms with Gasteiger partial charge < -0.3 is 5.11 Å². The molecule has 1 unspecified atom stereocenters. The van der Waals surface area contributed by atoms with Gasteiger partial charge in [-0.1, -0.05) is 30.9 Å². The Balaban J connectivity index is 2.64. The van der Waals surface area contributed by atoms with Gasteiger partial charge in [-0.2, -0.15) is 0 Å². The van der Waals surface area contributed by atoms with Gasteiger partial charge in [0.2, 0.25) is 10.0 Å². The van der Waals surface area contributed by atoms with E-state index in [9.17, 15) is 8.42 Å². The first-order chi connectivity index (χ1) is 9.86. The van der Waals surface area contributed by atoms with E-state index in [1.807, 2.05) is 31.2 Å². The molecule has 0 radical (unpaired) electrons. The molecular weight excluding hydrogens is 286 g/mol. The molecule has 0 aromatic heterocycles. The Morgan fingerprint density at radius 2 is 1.81 bits per heavy atom. The van der Waals surface area contributed by atoms with E-state index in [-0.39, 0.29) is 12.5 Å². The summed E-state index contributed by atoms with van der Waals surface area (Å²) in [6.45, 7) is 5.75. The zero-order valence-electron chi connectivity index (χ0n) is 12.8. The average molecular weight is 309 g/mol. The Morgan fingerprint density at radius 1 is 1.19 bits per heavy atom. The van der Waals surface area contributed by atoms with Crippen LogP contribution in [0.3, 0.4) is 0 Å². The van der Waals surface area contributed by atoms with Crippen molar-refractivity contribution in [2.45, 2.75) is 38.4 Å². The number of sulfonamides is 1. The lowest BCUT2D eigenvalue weighted by atomic mass is 10.0. The topological polar surface area (TPSA) is 66.4 Å². The molecule has 21 heavy (non-hydrogen) atoms. The maximum absolute atomic E-state index is 11.7. The quantitative estimate of drug-likeness (QED) is 0.788. The molecule has 1 atom stereocenters. The number of nitrogens with one attached hydrogen (secondary N) is 1. The van der Waals surface area contributed by atoms with Crippen LogP contribution in [-0.4, -0.2) is 31.9 Å². The zero-order chi connectivity index (χ0) is 15.9. The molecule has 5 heteroatoms. The molecule has 0 aliphatic heterocycles. The van der Waals surface area contributed by atoms with Gasteiger partial charge in [0, 0.05) is 18.5 Å². The summed E-state index contributed by atoms with van der Waals surface area (Å²) in [5.41, 5.74) is 1.95. The lowest BCUT2D eigenvalue weighted by Crippen LogP contribution is -2.33. The van der Waals surface area contributed by atoms with Crippen LogP contribution in [-0.2, 0) is 10.0 Å². The summed E-state index contributed by atoms with van der Waals surface area (Å²) < 4.78 is 26.1. The van der Waals surface area contributed by atoms with Crippen LogP contribution in [0.15, 0.2) is 24.3 Å². The third-order valence-corrected chi connectivity index (χ3v) is 4.97. The minimum absolute atomic E-state index is 0.0676. The van der Waals surface area contributed by atoms with E-state index in [0.29, 0.717) is 13.0 Å². The van der Waals surface area contributed by atoms with Crippen LogP contribution in [0, 0.1) is 11.8 Å². The molecule has 0 spiro atoms. The molecule has 0 amide bonds. The summed E-state index contributed by atoms with van der Waals surface area (Å²) >= 11 is 0. The summed E-state index contributed by atoms with van der Waals surface area (Å²) in [7, 11) is -3.22. The summed E-state index contributed by atoms with van der Waals surface area (Å²) in [5.74, 6) is 5.92. The van der Waals surface area contributed by atoms with Crippen LogP contribution < -0.4 is 4.72 Å². The first-order valence-electron chi connectivity index (χ1n) is 7.05. The van der Waals surface area contributed by atoms with Crippen LogP contribution in [0.5, 0.6) is 0 Å². The summed E-state index contributed by atoms with van der Waals surface area (Å²) in [6.07, 6.45) is 0.467. The number of hydrogen-bond acceptors (Lipinski definition) is 3. The first-order valence-corrected chi connectivity index (χ1v) is 8.59. The summed E-state index contributed by atoms with van der Waals surface area (Å²) in [6, 6.07) is 7.73. The van der Waals surface area contributed by atoms with Crippen molar-refractivity contribution in [2.75, 3.05) is 13.2 Å². The van der Waals surface area contributed by atoms with Gasteiger partial charge >= 0.3 is 0 Å². The number of benzene rings is 1. The van der Waals surface area contributed by atoms with Crippen LogP contribution in [0.1, 0.15) is 44.2 Å². The highest BCUT2D eigenvalue weighted by Crippen LogP contribution is 2.15. The van der Waals surface area contributed by atoms with Crippen molar-refractivity contribution in [3.8, 4) is 11.8 Å². The second kappa shape index (κ2) is 8.18. The molecule has 0 bridgehead atoms. The van der Waals surface area contributed by atoms with E-state index in [4.69, 9.17) is 5.11 Å². The second-order valence-electron chi connectivity index (χ2n) is 5.24. The minimum Gasteiger partial charge on any atom is -0.395 e. The monoisotopic (exact) mass is 309 g/mol. The third-order valence-electron chi connectivity index (χ3n) is 3.16. The fourth-order valence-corrected chi connectivity index (χ4v) is 2.46. The van der Waals surface area contributed by atoms with Crippen molar-refractivity contribution in [3.05, 3.63) is 35.4 Å². The van der Waals surface area contributed by atoms with Gasteiger partial charge in [-0.15, -0.1) is 0 Å². The smallest absolute Gasteiger partial charge is 0.213 e. The molecule has 4 nitrogen and oxygen atoms in total. The van der Waals surface area contributed by atoms with Gasteiger partial charge in [0.1, 0.15) is 0 Å². The van der Waals surface area contributed by atoms with Crippen molar-refractivity contribution >= 4 is 10.0 Å². The molecule has 116 valence electrons. The van der Waals surface area contributed by atoms with Crippen molar-refractivity contribution < 1.29 is 13.5 Å². The zero-order valence-corrected chi connectivity index (χ0v) is 13.6. The lowest BCUT2D eigenvalue weighted by molar-refractivity contribution is 0.305. The van der Waals surface area contributed by atoms with Gasteiger partial charge in [0.05, 0.1) is 11.9 Å². The van der Waals surface area contributed by atoms with E-state index in [1.54, 1.807) is 13.8 Å². The van der Waals surface area contributed by atoms with Crippen molar-refractivity contribution in [3.63, 3.8) is 0 Å². The second-order valence-corrected chi connectivity index (χ2v) is 7.56. The Labute approximate surface area is 127 Å².